The van der Waals surface area contributed by atoms with Gasteiger partial charge >= 0.3 is 0 Å². The first kappa shape index (κ1) is 15.2. The highest BCUT2D eigenvalue weighted by molar-refractivity contribution is 7.98. The number of hydrogen-bond acceptors (Lipinski definition) is 3. The van der Waals surface area contributed by atoms with Crippen molar-refractivity contribution in [2.45, 2.75) is 22.6 Å². The number of carbonyl (C=O) groups excluding carboxylic acids is 1. The maximum atomic E-state index is 12.4. The lowest BCUT2D eigenvalue weighted by atomic mass is 10.0. The lowest BCUT2D eigenvalue weighted by Gasteiger charge is -2.08. The van der Waals surface area contributed by atoms with Gasteiger partial charge in [0, 0.05) is 21.8 Å². The molecule has 2 rings (SSSR count). The maximum absolute atomic E-state index is 12.4. The molecule has 0 saturated carbocycles. The highest BCUT2D eigenvalue weighted by Crippen LogP contribution is 2.24. The topological polar surface area (TPSA) is 17.1 Å². The van der Waals surface area contributed by atoms with Gasteiger partial charge in [-0.1, -0.05) is 36.4 Å². The van der Waals surface area contributed by atoms with Crippen LogP contribution in [-0.2, 0) is 6.42 Å². The third-order valence-corrected chi connectivity index (χ3v) is 4.86. The average Bonchev–Trinajstić information content (AvgIpc) is 2.52. The smallest absolute Gasteiger partial charge is 0.164 e. The third kappa shape index (κ3) is 3.68. The van der Waals surface area contributed by atoms with Gasteiger partial charge in [0.15, 0.2) is 5.78 Å². The minimum Gasteiger partial charge on any atom is -0.294 e. The Morgan fingerprint density at radius 3 is 2.20 bits per heavy atom. The molecule has 0 aliphatic heterocycles. The van der Waals surface area contributed by atoms with Crippen molar-refractivity contribution >= 4 is 29.3 Å². The molecule has 20 heavy (non-hydrogen) atoms. The Labute approximate surface area is 129 Å². The van der Waals surface area contributed by atoms with Crippen molar-refractivity contribution in [3.63, 3.8) is 0 Å². The SMILES string of the molecule is CSc1ccccc1CCC(=O)c1ccccc1SC. The van der Waals surface area contributed by atoms with Crippen LogP contribution in [0.1, 0.15) is 22.3 Å². The molecular weight excluding hydrogens is 284 g/mol. The van der Waals surface area contributed by atoms with Gasteiger partial charge in [-0.15, -0.1) is 23.5 Å². The summed E-state index contributed by atoms with van der Waals surface area (Å²) in [5.74, 6) is 0.228. The lowest BCUT2D eigenvalue weighted by Crippen LogP contribution is -2.03. The molecule has 0 aromatic heterocycles. The van der Waals surface area contributed by atoms with E-state index in [4.69, 9.17) is 0 Å². The monoisotopic (exact) mass is 302 g/mol. The largest absolute Gasteiger partial charge is 0.294 e. The van der Waals surface area contributed by atoms with Gasteiger partial charge in [-0.3, -0.25) is 4.79 Å². The van der Waals surface area contributed by atoms with E-state index in [1.165, 1.54) is 10.5 Å². The number of aryl methyl sites for hydroxylation is 1. The van der Waals surface area contributed by atoms with Gasteiger partial charge in [-0.05, 0) is 36.6 Å². The summed E-state index contributed by atoms with van der Waals surface area (Å²) in [6.07, 6.45) is 5.45. The molecule has 1 nitrogen and oxygen atoms in total. The van der Waals surface area contributed by atoms with Crippen molar-refractivity contribution in [2.24, 2.45) is 0 Å². The molecule has 3 heteroatoms. The number of Topliss-reactive ketones (excluding diaryl/α,β-unsaturated/α-hetero) is 1. The molecule has 0 amide bonds. The summed E-state index contributed by atoms with van der Waals surface area (Å²) < 4.78 is 0. The van der Waals surface area contributed by atoms with E-state index in [1.807, 2.05) is 42.7 Å². The van der Waals surface area contributed by atoms with Crippen molar-refractivity contribution in [3.05, 3.63) is 59.7 Å². The second kappa shape index (κ2) is 7.55. The Bertz CT molecular complexity index is 593. The van der Waals surface area contributed by atoms with Crippen molar-refractivity contribution in [3.8, 4) is 0 Å². The van der Waals surface area contributed by atoms with Gasteiger partial charge in [0.2, 0.25) is 0 Å². The van der Waals surface area contributed by atoms with Crippen molar-refractivity contribution < 1.29 is 4.79 Å². The quantitative estimate of drug-likeness (QED) is 0.555. The minimum atomic E-state index is 0.228. The third-order valence-electron chi connectivity index (χ3n) is 3.22. The first-order chi connectivity index (χ1) is 9.76. The highest BCUT2D eigenvalue weighted by atomic mass is 32.2. The molecule has 0 atom stereocenters. The predicted molar refractivity (Wildman–Crippen MR) is 89.1 cm³/mol. The number of rotatable bonds is 6. The Morgan fingerprint density at radius 1 is 0.900 bits per heavy atom. The molecule has 2 aromatic carbocycles. The number of carbonyl (C=O) groups is 1. The van der Waals surface area contributed by atoms with Gasteiger partial charge in [0.25, 0.3) is 0 Å². The molecule has 0 unspecified atom stereocenters. The van der Waals surface area contributed by atoms with E-state index in [0.29, 0.717) is 6.42 Å². The molecule has 104 valence electrons. The average molecular weight is 302 g/mol. The summed E-state index contributed by atoms with van der Waals surface area (Å²) >= 11 is 3.36. The zero-order valence-electron chi connectivity index (χ0n) is 11.8. The normalized spacial score (nSPS) is 10.5. The van der Waals surface area contributed by atoms with Gasteiger partial charge in [0.1, 0.15) is 0 Å². The Kier molecular flexibility index (Phi) is 5.74. The predicted octanol–water partition coefficient (Wildman–Crippen LogP) is 4.95. The van der Waals surface area contributed by atoms with Crippen LogP contribution in [0.3, 0.4) is 0 Å². The second-order valence-corrected chi connectivity index (χ2v) is 6.13. The highest BCUT2D eigenvalue weighted by Gasteiger charge is 2.11. The molecule has 2 aromatic rings. The zero-order chi connectivity index (χ0) is 14.4. The first-order valence-electron chi connectivity index (χ1n) is 6.54. The molecule has 0 radical (unpaired) electrons. The van der Waals surface area contributed by atoms with Crippen molar-refractivity contribution in [1.82, 2.24) is 0 Å². The van der Waals surface area contributed by atoms with Crippen LogP contribution in [0, 0.1) is 0 Å². The van der Waals surface area contributed by atoms with E-state index in [2.05, 4.69) is 18.4 Å². The summed E-state index contributed by atoms with van der Waals surface area (Å²) in [5.41, 5.74) is 2.11. The van der Waals surface area contributed by atoms with Crippen LogP contribution in [0.2, 0.25) is 0 Å². The van der Waals surface area contributed by atoms with E-state index >= 15 is 0 Å². The number of ketones is 1. The van der Waals surface area contributed by atoms with Crippen LogP contribution in [0.5, 0.6) is 0 Å². The van der Waals surface area contributed by atoms with Crippen LogP contribution in [0.4, 0.5) is 0 Å². The lowest BCUT2D eigenvalue weighted by molar-refractivity contribution is 0.0980. The number of thioether (sulfide) groups is 2. The van der Waals surface area contributed by atoms with Gasteiger partial charge in [-0.25, -0.2) is 0 Å². The van der Waals surface area contributed by atoms with E-state index in [0.717, 1.165) is 16.9 Å². The summed E-state index contributed by atoms with van der Waals surface area (Å²) in [5, 5.41) is 0. The summed E-state index contributed by atoms with van der Waals surface area (Å²) in [4.78, 5) is 14.7. The van der Waals surface area contributed by atoms with Gasteiger partial charge in [0.05, 0.1) is 0 Å². The summed E-state index contributed by atoms with van der Waals surface area (Å²) in [7, 11) is 0. The van der Waals surface area contributed by atoms with Gasteiger partial charge < -0.3 is 0 Å². The van der Waals surface area contributed by atoms with Crippen LogP contribution >= 0.6 is 23.5 Å². The fraction of sp³-hybridized carbons (Fsp3) is 0.235. The minimum absolute atomic E-state index is 0.228. The van der Waals surface area contributed by atoms with E-state index < -0.39 is 0 Å². The molecular formula is C17H18OS2. The Hall–Kier alpha value is -1.19. The van der Waals surface area contributed by atoms with Crippen LogP contribution in [0.25, 0.3) is 0 Å². The molecule has 0 saturated heterocycles. The van der Waals surface area contributed by atoms with Crippen LogP contribution in [0.15, 0.2) is 58.3 Å². The summed E-state index contributed by atoms with van der Waals surface area (Å²) in [6.45, 7) is 0. The number of hydrogen-bond donors (Lipinski definition) is 0. The zero-order valence-corrected chi connectivity index (χ0v) is 13.4. The summed E-state index contributed by atoms with van der Waals surface area (Å²) in [6, 6.07) is 16.1. The van der Waals surface area contributed by atoms with Gasteiger partial charge in [-0.2, -0.15) is 0 Å². The Morgan fingerprint density at radius 2 is 1.50 bits per heavy atom. The van der Waals surface area contributed by atoms with E-state index in [-0.39, 0.29) is 5.78 Å². The fourth-order valence-electron chi connectivity index (χ4n) is 2.17. The number of benzene rings is 2. The molecule has 0 aliphatic carbocycles. The second-order valence-electron chi connectivity index (χ2n) is 4.44. The fourth-order valence-corrected chi connectivity index (χ4v) is 3.43. The molecule has 0 spiro atoms. The molecule has 0 heterocycles. The molecule has 0 bridgehead atoms. The van der Waals surface area contributed by atoms with E-state index in [9.17, 15) is 4.79 Å². The Balaban J connectivity index is 2.09. The standard InChI is InChI=1S/C17H18OS2/c1-19-16-9-5-3-7-13(16)11-12-15(18)14-8-4-6-10-17(14)20-2/h3-10H,11-12H2,1-2H3. The maximum Gasteiger partial charge on any atom is 0.164 e. The molecule has 0 aliphatic rings. The van der Waals surface area contributed by atoms with Crippen molar-refractivity contribution in [2.75, 3.05) is 12.5 Å². The van der Waals surface area contributed by atoms with Crippen molar-refractivity contribution in [1.29, 1.82) is 0 Å². The molecule has 0 fully saturated rings. The van der Waals surface area contributed by atoms with Crippen LogP contribution in [-0.4, -0.2) is 18.3 Å². The molecule has 0 N–H and O–H groups in total. The van der Waals surface area contributed by atoms with Crippen LogP contribution < -0.4 is 0 Å². The van der Waals surface area contributed by atoms with E-state index in [1.54, 1.807) is 23.5 Å². The first-order valence-corrected chi connectivity index (χ1v) is 8.99.